The van der Waals surface area contributed by atoms with Gasteiger partial charge in [0.15, 0.2) is 11.5 Å². The standard InChI is InChI=1S/C25H20Cl2N2O6/c1-12-7-19-21(24(30)29(12)10-13-3-6-17-18(8-13)34-11-33-17)20(15-5-4-14(26)9-16(15)27)22(23(28)35-19)25(31)32-2/h3-9,20H,10-11,28H2,1-2H3. The van der Waals surface area contributed by atoms with Crippen molar-refractivity contribution in [3.63, 3.8) is 0 Å². The van der Waals surface area contributed by atoms with E-state index in [4.69, 9.17) is 47.9 Å². The Morgan fingerprint density at radius 3 is 2.63 bits per heavy atom. The Kier molecular flexibility index (Phi) is 5.86. The number of carbonyl (C=O) groups is 1. The van der Waals surface area contributed by atoms with Crippen LogP contribution >= 0.6 is 23.2 Å². The Morgan fingerprint density at radius 1 is 1.11 bits per heavy atom. The number of aromatic nitrogens is 1. The van der Waals surface area contributed by atoms with E-state index in [1.54, 1.807) is 35.8 Å². The van der Waals surface area contributed by atoms with Crippen LogP contribution < -0.4 is 25.5 Å². The molecule has 0 radical (unpaired) electrons. The molecular formula is C25H20Cl2N2O6. The zero-order valence-electron chi connectivity index (χ0n) is 18.8. The molecule has 0 bridgehead atoms. The van der Waals surface area contributed by atoms with Crippen LogP contribution in [-0.2, 0) is 16.1 Å². The van der Waals surface area contributed by atoms with Crippen LogP contribution in [0.1, 0.15) is 28.3 Å². The van der Waals surface area contributed by atoms with Gasteiger partial charge in [0.25, 0.3) is 5.56 Å². The molecule has 0 fully saturated rings. The number of benzene rings is 2. The van der Waals surface area contributed by atoms with Gasteiger partial charge in [0.1, 0.15) is 11.3 Å². The van der Waals surface area contributed by atoms with Crippen molar-refractivity contribution in [3.05, 3.63) is 96.7 Å². The lowest BCUT2D eigenvalue weighted by Crippen LogP contribution is -2.35. The van der Waals surface area contributed by atoms with Crippen molar-refractivity contribution in [2.45, 2.75) is 19.4 Å². The molecule has 3 aromatic rings. The smallest absolute Gasteiger partial charge is 0.340 e. The molecule has 2 aromatic carbocycles. The maximum absolute atomic E-state index is 13.9. The molecule has 1 atom stereocenters. The molecule has 0 amide bonds. The summed E-state index contributed by atoms with van der Waals surface area (Å²) in [6, 6.07) is 12.0. The third-order valence-electron chi connectivity index (χ3n) is 6.03. The molecule has 0 saturated heterocycles. The van der Waals surface area contributed by atoms with Gasteiger partial charge in [-0.25, -0.2) is 4.79 Å². The summed E-state index contributed by atoms with van der Waals surface area (Å²) in [5.41, 5.74) is 7.94. The van der Waals surface area contributed by atoms with Crippen LogP contribution in [0.5, 0.6) is 17.2 Å². The van der Waals surface area contributed by atoms with Crippen LogP contribution in [0.2, 0.25) is 10.0 Å². The second kappa shape index (κ2) is 8.87. The number of fused-ring (bicyclic) bond motifs is 2. The number of nitrogens with two attached hydrogens (primary N) is 1. The second-order valence-electron chi connectivity index (χ2n) is 8.11. The van der Waals surface area contributed by atoms with E-state index in [1.165, 1.54) is 13.2 Å². The molecule has 10 heteroatoms. The highest BCUT2D eigenvalue weighted by atomic mass is 35.5. The summed E-state index contributed by atoms with van der Waals surface area (Å²) >= 11 is 12.6. The molecule has 1 unspecified atom stereocenters. The number of esters is 1. The topological polar surface area (TPSA) is 102 Å². The summed E-state index contributed by atoms with van der Waals surface area (Å²) in [6.07, 6.45) is 0. The number of rotatable bonds is 4. The van der Waals surface area contributed by atoms with Gasteiger partial charge in [-0.3, -0.25) is 4.79 Å². The van der Waals surface area contributed by atoms with Crippen molar-refractivity contribution in [2.75, 3.05) is 13.9 Å². The highest BCUT2D eigenvalue weighted by molar-refractivity contribution is 6.35. The van der Waals surface area contributed by atoms with Crippen LogP contribution in [0.4, 0.5) is 0 Å². The summed E-state index contributed by atoms with van der Waals surface area (Å²) in [7, 11) is 1.23. The van der Waals surface area contributed by atoms with E-state index in [0.29, 0.717) is 27.8 Å². The fourth-order valence-electron chi connectivity index (χ4n) is 4.36. The number of pyridine rings is 1. The predicted octanol–water partition coefficient (Wildman–Crippen LogP) is 4.11. The first-order valence-corrected chi connectivity index (χ1v) is 11.4. The van der Waals surface area contributed by atoms with Crippen molar-refractivity contribution in [2.24, 2.45) is 5.73 Å². The van der Waals surface area contributed by atoms with E-state index < -0.39 is 11.9 Å². The van der Waals surface area contributed by atoms with Crippen LogP contribution in [-0.4, -0.2) is 24.4 Å². The number of hydrogen-bond donors (Lipinski definition) is 1. The maximum atomic E-state index is 13.9. The van der Waals surface area contributed by atoms with Gasteiger partial charge >= 0.3 is 5.97 Å². The number of carbonyl (C=O) groups excluding carboxylic acids is 1. The normalized spacial score (nSPS) is 16.1. The first kappa shape index (κ1) is 23.1. The number of halogens is 2. The predicted molar refractivity (Wildman–Crippen MR) is 129 cm³/mol. The first-order valence-electron chi connectivity index (χ1n) is 10.6. The Labute approximate surface area is 210 Å². The van der Waals surface area contributed by atoms with Crippen molar-refractivity contribution in [1.82, 2.24) is 4.57 Å². The lowest BCUT2D eigenvalue weighted by molar-refractivity contribution is -0.136. The van der Waals surface area contributed by atoms with Gasteiger partial charge in [0.2, 0.25) is 12.7 Å². The van der Waals surface area contributed by atoms with Gasteiger partial charge in [0.05, 0.1) is 25.1 Å². The Bertz CT molecular complexity index is 1460. The molecule has 3 heterocycles. The largest absolute Gasteiger partial charge is 0.465 e. The van der Waals surface area contributed by atoms with E-state index in [2.05, 4.69) is 0 Å². The van der Waals surface area contributed by atoms with Gasteiger partial charge in [-0.15, -0.1) is 0 Å². The van der Waals surface area contributed by atoms with Gasteiger partial charge in [-0.2, -0.15) is 0 Å². The maximum Gasteiger partial charge on any atom is 0.340 e. The van der Waals surface area contributed by atoms with Crippen LogP contribution in [0.3, 0.4) is 0 Å². The molecular weight excluding hydrogens is 495 g/mol. The summed E-state index contributed by atoms with van der Waals surface area (Å²) in [4.78, 5) is 26.7. The number of hydrogen-bond acceptors (Lipinski definition) is 7. The van der Waals surface area contributed by atoms with Gasteiger partial charge in [-0.05, 0) is 42.3 Å². The third-order valence-corrected chi connectivity index (χ3v) is 6.59. The zero-order chi connectivity index (χ0) is 24.9. The molecule has 0 saturated carbocycles. The molecule has 0 spiro atoms. The number of aryl methyl sites for hydroxylation is 1. The minimum absolute atomic E-state index is 0.0141. The van der Waals surface area contributed by atoms with Crippen molar-refractivity contribution >= 4 is 29.2 Å². The Morgan fingerprint density at radius 2 is 1.89 bits per heavy atom. The van der Waals surface area contributed by atoms with E-state index in [1.807, 2.05) is 12.1 Å². The minimum Gasteiger partial charge on any atom is -0.465 e. The van der Waals surface area contributed by atoms with Crippen molar-refractivity contribution in [3.8, 4) is 17.2 Å². The van der Waals surface area contributed by atoms with E-state index in [9.17, 15) is 9.59 Å². The van der Waals surface area contributed by atoms with Gasteiger partial charge in [-0.1, -0.05) is 35.3 Å². The monoisotopic (exact) mass is 514 g/mol. The van der Waals surface area contributed by atoms with E-state index in [-0.39, 0.29) is 46.7 Å². The molecule has 0 aliphatic carbocycles. The van der Waals surface area contributed by atoms with Gasteiger partial charge in [0, 0.05) is 21.8 Å². The van der Waals surface area contributed by atoms with Crippen LogP contribution in [0, 0.1) is 6.92 Å². The fraction of sp³-hybridized carbons (Fsp3) is 0.200. The average molecular weight is 515 g/mol. The van der Waals surface area contributed by atoms with Crippen LogP contribution in [0.25, 0.3) is 0 Å². The Balaban J connectivity index is 1.69. The fourth-order valence-corrected chi connectivity index (χ4v) is 4.88. The SMILES string of the molecule is COC(=O)C1=C(N)Oc2cc(C)n(Cc3ccc4c(c3)OCO4)c(=O)c2C1c1ccc(Cl)cc1Cl. The van der Waals surface area contributed by atoms with E-state index >= 15 is 0 Å². The highest BCUT2D eigenvalue weighted by Crippen LogP contribution is 2.44. The number of ether oxygens (including phenoxy) is 4. The molecule has 2 aliphatic rings. The zero-order valence-corrected chi connectivity index (χ0v) is 20.3. The minimum atomic E-state index is -0.924. The number of methoxy groups -OCH3 is 1. The molecule has 5 rings (SSSR count). The quantitative estimate of drug-likeness (QED) is 0.522. The van der Waals surface area contributed by atoms with Crippen molar-refractivity contribution in [1.29, 1.82) is 0 Å². The van der Waals surface area contributed by atoms with E-state index in [0.717, 1.165) is 5.56 Å². The molecule has 180 valence electrons. The molecule has 1 aromatic heterocycles. The van der Waals surface area contributed by atoms with Gasteiger partial charge < -0.3 is 29.2 Å². The average Bonchev–Trinajstić information content (AvgIpc) is 3.28. The first-order chi connectivity index (χ1) is 16.8. The lowest BCUT2D eigenvalue weighted by atomic mass is 9.83. The molecule has 2 aliphatic heterocycles. The summed E-state index contributed by atoms with van der Waals surface area (Å²) in [5, 5.41) is 0.679. The third kappa shape index (κ3) is 3.98. The molecule has 35 heavy (non-hydrogen) atoms. The second-order valence-corrected chi connectivity index (χ2v) is 8.96. The van der Waals surface area contributed by atoms with Crippen molar-refractivity contribution < 1.29 is 23.7 Å². The molecule has 2 N–H and O–H groups in total. The lowest BCUT2D eigenvalue weighted by Gasteiger charge is -2.29. The Hall–Kier alpha value is -3.62. The number of nitrogens with zero attached hydrogens (tertiary/aromatic N) is 1. The summed E-state index contributed by atoms with van der Waals surface area (Å²) < 4.78 is 23.1. The summed E-state index contributed by atoms with van der Waals surface area (Å²) in [6.45, 7) is 2.20. The van der Waals surface area contributed by atoms with Crippen LogP contribution in [0.15, 0.2) is 58.7 Å². The summed E-state index contributed by atoms with van der Waals surface area (Å²) in [5.74, 6) is -0.303. The molecule has 8 nitrogen and oxygen atoms in total. The highest BCUT2D eigenvalue weighted by Gasteiger charge is 2.39.